The number of aliphatic hydroxyl groups excluding tert-OH is 4. The molecule has 1 amide bonds. The Balaban J connectivity index is 1.48. The summed E-state index contributed by atoms with van der Waals surface area (Å²) in [6.07, 6.45) is -6.97. The van der Waals surface area contributed by atoms with Crippen molar-refractivity contribution in [2.45, 2.75) is 43.2 Å². The number of para-hydroxylation sites is 1. The lowest BCUT2D eigenvalue weighted by atomic mass is 9.99. The van der Waals surface area contributed by atoms with Gasteiger partial charge in [-0.1, -0.05) is 60.7 Å². The van der Waals surface area contributed by atoms with Crippen LogP contribution in [0.1, 0.15) is 15.9 Å². The first-order valence-electron chi connectivity index (χ1n) is 12.0. The first-order valence-corrected chi connectivity index (χ1v) is 12.0. The third-order valence-corrected chi connectivity index (χ3v) is 6.32. The Morgan fingerprint density at radius 1 is 0.868 bits per heavy atom. The number of hydrogen-bond donors (Lipinski definition) is 6. The highest BCUT2D eigenvalue weighted by molar-refractivity contribution is 5.97. The van der Waals surface area contributed by atoms with E-state index in [9.17, 15) is 35.1 Å². The monoisotopic (exact) mass is 523 g/mol. The van der Waals surface area contributed by atoms with Gasteiger partial charge in [0, 0.05) is 17.5 Å². The fraction of sp³-hybridized carbons (Fsp3) is 0.286. The third-order valence-electron chi connectivity index (χ3n) is 6.32. The summed E-state index contributed by atoms with van der Waals surface area (Å²) < 4.78 is 11.3. The van der Waals surface area contributed by atoms with Crippen molar-refractivity contribution < 1.29 is 44.6 Å². The second-order valence-corrected chi connectivity index (χ2v) is 8.94. The number of carboxylic acid groups (broad SMARTS) is 1. The van der Waals surface area contributed by atoms with Crippen LogP contribution in [-0.4, -0.2) is 80.8 Å². The summed E-state index contributed by atoms with van der Waals surface area (Å²) >= 11 is 0. The van der Waals surface area contributed by atoms with Crippen LogP contribution in [0.5, 0.6) is 5.75 Å². The number of rotatable bonds is 9. The van der Waals surface area contributed by atoms with Crippen molar-refractivity contribution >= 4 is 11.9 Å². The van der Waals surface area contributed by atoms with Gasteiger partial charge >= 0.3 is 5.97 Å². The van der Waals surface area contributed by atoms with Gasteiger partial charge in [0.1, 0.15) is 36.2 Å². The topological polar surface area (TPSA) is 166 Å². The van der Waals surface area contributed by atoms with Crippen LogP contribution in [0.15, 0.2) is 78.9 Å². The zero-order chi connectivity index (χ0) is 27.2. The molecule has 200 valence electrons. The van der Waals surface area contributed by atoms with Crippen LogP contribution >= 0.6 is 0 Å². The zero-order valence-corrected chi connectivity index (χ0v) is 20.3. The molecule has 1 saturated heterocycles. The molecular formula is C28H29NO9. The maximum Gasteiger partial charge on any atom is 0.326 e. The van der Waals surface area contributed by atoms with Gasteiger partial charge in [-0.25, -0.2) is 4.79 Å². The molecule has 0 spiro atoms. The van der Waals surface area contributed by atoms with Crippen molar-refractivity contribution in [3.05, 3.63) is 90.0 Å². The summed E-state index contributed by atoms with van der Waals surface area (Å²) in [5.41, 5.74) is 2.29. The lowest BCUT2D eigenvalue weighted by molar-refractivity contribution is -0.277. The number of amides is 1. The number of hydrogen-bond acceptors (Lipinski definition) is 8. The summed E-state index contributed by atoms with van der Waals surface area (Å²) in [6.45, 7) is -0.579. The molecule has 6 atom stereocenters. The normalized spacial score (nSPS) is 23.8. The molecular weight excluding hydrogens is 494 g/mol. The number of nitrogens with one attached hydrogen (secondary N) is 1. The third kappa shape index (κ3) is 6.18. The Morgan fingerprint density at radius 2 is 1.53 bits per heavy atom. The summed E-state index contributed by atoms with van der Waals surface area (Å²) in [5, 5.41) is 51.9. The Labute approximate surface area is 218 Å². The van der Waals surface area contributed by atoms with Crippen molar-refractivity contribution in [2.24, 2.45) is 0 Å². The van der Waals surface area contributed by atoms with Crippen molar-refractivity contribution in [3.63, 3.8) is 0 Å². The Morgan fingerprint density at radius 3 is 2.18 bits per heavy atom. The lowest BCUT2D eigenvalue weighted by Gasteiger charge is -2.39. The van der Waals surface area contributed by atoms with Gasteiger partial charge in [0.05, 0.1) is 6.61 Å². The van der Waals surface area contributed by atoms with Gasteiger partial charge in [-0.15, -0.1) is 0 Å². The number of carboxylic acids is 1. The van der Waals surface area contributed by atoms with Crippen LogP contribution in [0, 0.1) is 0 Å². The van der Waals surface area contributed by atoms with Crippen LogP contribution in [0.4, 0.5) is 0 Å². The second-order valence-electron chi connectivity index (χ2n) is 8.94. The molecule has 38 heavy (non-hydrogen) atoms. The molecule has 0 radical (unpaired) electrons. The van der Waals surface area contributed by atoms with E-state index in [0.29, 0.717) is 16.9 Å². The fourth-order valence-corrected chi connectivity index (χ4v) is 4.19. The molecule has 0 saturated carbocycles. The van der Waals surface area contributed by atoms with Gasteiger partial charge in [-0.3, -0.25) is 4.79 Å². The molecule has 1 heterocycles. The highest BCUT2D eigenvalue weighted by Gasteiger charge is 2.44. The average Bonchev–Trinajstić information content (AvgIpc) is 2.94. The fourth-order valence-electron chi connectivity index (χ4n) is 4.19. The first kappa shape index (κ1) is 27.2. The van der Waals surface area contributed by atoms with E-state index in [2.05, 4.69) is 5.32 Å². The zero-order valence-electron chi connectivity index (χ0n) is 20.3. The van der Waals surface area contributed by atoms with Gasteiger partial charge in [-0.2, -0.15) is 0 Å². The summed E-state index contributed by atoms with van der Waals surface area (Å²) in [4.78, 5) is 24.5. The number of benzene rings is 3. The molecule has 0 aromatic heterocycles. The minimum atomic E-state index is -1.58. The van der Waals surface area contributed by atoms with Gasteiger partial charge in [0.2, 0.25) is 6.29 Å². The molecule has 10 nitrogen and oxygen atoms in total. The maximum atomic E-state index is 12.8. The Bertz CT molecular complexity index is 1230. The van der Waals surface area contributed by atoms with Crippen molar-refractivity contribution in [3.8, 4) is 16.9 Å². The molecule has 4 rings (SSSR count). The van der Waals surface area contributed by atoms with E-state index in [1.165, 1.54) is 0 Å². The van der Waals surface area contributed by atoms with E-state index in [-0.39, 0.29) is 12.0 Å². The van der Waals surface area contributed by atoms with E-state index in [1.54, 1.807) is 72.8 Å². The molecule has 10 heteroatoms. The molecule has 1 fully saturated rings. The molecule has 6 N–H and O–H groups in total. The Hall–Kier alpha value is -3.80. The molecule has 0 unspecified atom stereocenters. The van der Waals surface area contributed by atoms with Gasteiger partial charge in [0.15, 0.2) is 0 Å². The molecule has 3 aromatic rings. The minimum absolute atomic E-state index is 0.142. The van der Waals surface area contributed by atoms with Crippen LogP contribution in [0.2, 0.25) is 0 Å². The van der Waals surface area contributed by atoms with E-state index < -0.39 is 55.2 Å². The smallest absolute Gasteiger partial charge is 0.326 e. The van der Waals surface area contributed by atoms with Crippen molar-refractivity contribution in [1.82, 2.24) is 5.32 Å². The lowest BCUT2D eigenvalue weighted by Crippen LogP contribution is -2.60. The number of carbonyl (C=O) groups is 2. The molecule has 0 bridgehead atoms. The largest absolute Gasteiger partial charge is 0.480 e. The van der Waals surface area contributed by atoms with Gasteiger partial charge < -0.3 is 40.3 Å². The SMILES string of the molecule is O=C(N[C@H](Cc1ccccc1)C(=O)O)c1ccc(-c2ccccc2O[C@H]2O[C@@H](CO)[C@H](O)[C@@H](O)[C@H]2O)cc1. The number of carbonyl (C=O) groups excluding carboxylic acids is 1. The highest BCUT2D eigenvalue weighted by atomic mass is 16.7. The number of ether oxygens (including phenoxy) is 2. The van der Waals surface area contributed by atoms with E-state index in [4.69, 9.17) is 9.47 Å². The number of aliphatic hydroxyl groups is 4. The molecule has 1 aliphatic heterocycles. The predicted octanol–water partition coefficient (Wildman–Crippen LogP) is 0.958. The van der Waals surface area contributed by atoms with Gasteiger partial charge in [-0.05, 0) is 29.3 Å². The molecule has 0 aliphatic carbocycles. The summed E-state index contributed by atoms with van der Waals surface area (Å²) in [5.74, 6) is -1.38. The number of aliphatic carboxylic acids is 1. The predicted molar refractivity (Wildman–Crippen MR) is 135 cm³/mol. The maximum absolute atomic E-state index is 12.8. The Kier molecular flexibility index (Phi) is 8.72. The summed E-state index contributed by atoms with van der Waals surface area (Å²) in [7, 11) is 0. The first-order chi connectivity index (χ1) is 18.3. The van der Waals surface area contributed by atoms with E-state index in [0.717, 1.165) is 5.56 Å². The van der Waals surface area contributed by atoms with E-state index >= 15 is 0 Å². The van der Waals surface area contributed by atoms with E-state index in [1.807, 2.05) is 6.07 Å². The highest BCUT2D eigenvalue weighted by Crippen LogP contribution is 2.33. The van der Waals surface area contributed by atoms with Crippen LogP contribution in [0.25, 0.3) is 11.1 Å². The van der Waals surface area contributed by atoms with Crippen LogP contribution < -0.4 is 10.1 Å². The molecule has 3 aromatic carbocycles. The minimum Gasteiger partial charge on any atom is -0.480 e. The van der Waals surface area contributed by atoms with Crippen molar-refractivity contribution in [2.75, 3.05) is 6.61 Å². The second kappa shape index (κ2) is 12.2. The van der Waals surface area contributed by atoms with Crippen molar-refractivity contribution in [1.29, 1.82) is 0 Å². The molecule has 1 aliphatic rings. The summed E-state index contributed by atoms with van der Waals surface area (Å²) in [6, 6.07) is 21.2. The quantitative estimate of drug-likeness (QED) is 0.240. The van der Waals surface area contributed by atoms with Gasteiger partial charge in [0.25, 0.3) is 5.91 Å². The standard InChI is InChI=1S/C28H29NO9/c30-15-22-23(31)24(32)25(33)28(38-22)37-21-9-5-4-8-19(21)17-10-12-18(13-11-17)26(34)29-20(27(35)36)14-16-6-2-1-3-7-16/h1-13,20,22-25,28,30-33H,14-15H2,(H,29,34)(H,35,36)/t20-,22+,23+,24-,25-,28+/m1/s1. The van der Waals surface area contributed by atoms with Crippen LogP contribution in [-0.2, 0) is 16.0 Å². The van der Waals surface area contributed by atoms with Crippen LogP contribution in [0.3, 0.4) is 0 Å². The average molecular weight is 524 g/mol.